The first-order valence-corrected chi connectivity index (χ1v) is 6.02. The number of aliphatic hydroxyl groups is 3. The quantitative estimate of drug-likeness (QED) is 0.413. The summed E-state index contributed by atoms with van der Waals surface area (Å²) in [6.07, 6.45) is 3.50. The molecule has 5 N–H and O–H groups in total. The normalized spacial score (nSPS) is 10.4. The average molecular weight is 486 g/mol. The van der Waals surface area contributed by atoms with Crippen molar-refractivity contribution < 1.29 is 72.5 Å². The summed E-state index contributed by atoms with van der Waals surface area (Å²) in [6, 6.07) is 0. The van der Waals surface area contributed by atoms with Crippen LogP contribution in [0.15, 0.2) is 35.5 Å². The van der Waals surface area contributed by atoms with Gasteiger partial charge in [0.05, 0.1) is 17.3 Å². The average Bonchev–Trinajstić information content (AvgIpc) is 2.10. The van der Waals surface area contributed by atoms with Crippen LogP contribution in [0.5, 0.6) is 0 Å². The standard InChI is InChI=1S/3C5H8O2.Er.H2O/c3*1-4(6)3-5(2)7;;/h3*3,6H,1-2H3;;1H2. The van der Waals surface area contributed by atoms with Crippen molar-refractivity contribution in [1.29, 1.82) is 0 Å². The SMILES string of the molecule is CC(=O)C=C(C)O.CC(=O)C=C(C)O.CC(=O)C=C(C)O.O.[Er]. The van der Waals surface area contributed by atoms with E-state index in [2.05, 4.69) is 0 Å². The zero-order valence-corrected chi connectivity index (χ0v) is 15.9. The number of aliphatic hydroxyl groups excluding tert-OH is 3. The molecule has 23 heavy (non-hydrogen) atoms. The van der Waals surface area contributed by atoms with Crippen molar-refractivity contribution in [2.75, 3.05) is 0 Å². The third-order valence-corrected chi connectivity index (χ3v) is 1.24. The van der Waals surface area contributed by atoms with Crippen molar-refractivity contribution >= 4 is 17.3 Å². The van der Waals surface area contributed by atoms with Gasteiger partial charge in [-0.25, -0.2) is 0 Å². The monoisotopic (exact) mass is 484 g/mol. The third kappa shape index (κ3) is 63.0. The Morgan fingerprint density at radius 3 is 0.696 bits per heavy atom. The molecule has 0 radical (unpaired) electrons. The van der Waals surface area contributed by atoms with Gasteiger partial charge in [-0.2, -0.15) is 0 Å². The number of ketones is 3. The summed E-state index contributed by atoms with van der Waals surface area (Å²) < 4.78 is 0. The van der Waals surface area contributed by atoms with E-state index in [-0.39, 0.29) is 77.4 Å². The van der Waals surface area contributed by atoms with Gasteiger partial charge < -0.3 is 20.8 Å². The second-order valence-corrected chi connectivity index (χ2v) is 4.19. The van der Waals surface area contributed by atoms with Crippen LogP contribution in [0, 0.1) is 37.3 Å². The molecule has 0 saturated carbocycles. The van der Waals surface area contributed by atoms with Crippen molar-refractivity contribution in [2.24, 2.45) is 0 Å². The van der Waals surface area contributed by atoms with Crippen molar-refractivity contribution in [1.82, 2.24) is 0 Å². The molecule has 140 valence electrons. The molecule has 0 saturated heterocycles. The Morgan fingerprint density at radius 2 is 0.696 bits per heavy atom. The number of rotatable bonds is 3. The molecule has 0 unspecified atom stereocenters. The minimum atomic E-state index is -0.125. The number of hydrogen-bond donors (Lipinski definition) is 3. The molecule has 0 atom stereocenters. The van der Waals surface area contributed by atoms with Gasteiger partial charge in [-0.1, -0.05) is 0 Å². The molecule has 0 bridgehead atoms. The number of hydrogen-bond acceptors (Lipinski definition) is 6. The van der Waals surface area contributed by atoms with Gasteiger partial charge in [0.1, 0.15) is 0 Å². The molecule has 0 spiro atoms. The molecular formula is C15H26ErO7. The fourth-order valence-electron chi connectivity index (χ4n) is 0.882. The first kappa shape index (κ1) is 33.4. The summed E-state index contributed by atoms with van der Waals surface area (Å²) in [7, 11) is 0. The van der Waals surface area contributed by atoms with Gasteiger partial charge in [-0.15, -0.1) is 0 Å². The molecule has 0 fully saturated rings. The molecule has 0 aliphatic heterocycles. The second-order valence-electron chi connectivity index (χ2n) is 4.19. The van der Waals surface area contributed by atoms with E-state index in [4.69, 9.17) is 15.3 Å². The Labute approximate surface area is 166 Å². The Balaban J connectivity index is -0.0000000675. The summed E-state index contributed by atoms with van der Waals surface area (Å²) in [6.45, 7) is 8.54. The van der Waals surface area contributed by atoms with Crippen molar-refractivity contribution in [2.45, 2.75) is 41.5 Å². The van der Waals surface area contributed by atoms with Gasteiger partial charge in [0.2, 0.25) is 0 Å². The predicted octanol–water partition coefficient (Wildman–Crippen LogP) is 2.29. The summed E-state index contributed by atoms with van der Waals surface area (Å²) in [5.41, 5.74) is 0. The fraction of sp³-hybridized carbons (Fsp3) is 0.400. The topological polar surface area (TPSA) is 143 Å². The van der Waals surface area contributed by atoms with Crippen LogP contribution >= 0.6 is 0 Å². The molecule has 0 rings (SSSR count). The first-order valence-electron chi connectivity index (χ1n) is 6.02. The van der Waals surface area contributed by atoms with Crippen LogP contribution in [0.1, 0.15) is 41.5 Å². The molecule has 8 heteroatoms. The summed E-state index contributed by atoms with van der Waals surface area (Å²) in [5.74, 6) is -0.187. The molecule has 0 amide bonds. The maximum atomic E-state index is 10.0. The smallest absolute Gasteiger partial charge is 0.155 e. The van der Waals surface area contributed by atoms with Crippen molar-refractivity contribution in [3.05, 3.63) is 35.5 Å². The zero-order valence-electron chi connectivity index (χ0n) is 14.1. The van der Waals surface area contributed by atoms with Gasteiger partial charge in [-0.3, -0.25) is 14.4 Å². The van der Waals surface area contributed by atoms with Crippen LogP contribution in [-0.4, -0.2) is 38.1 Å². The van der Waals surface area contributed by atoms with E-state index in [0.29, 0.717) is 0 Å². The molecular weight excluding hydrogens is 459 g/mol. The Bertz CT molecular complexity index is 370. The fourth-order valence-corrected chi connectivity index (χ4v) is 0.882. The Hall–Kier alpha value is -1.16. The molecule has 0 aliphatic rings. The molecule has 0 aromatic heterocycles. The molecule has 0 heterocycles. The van der Waals surface area contributed by atoms with Gasteiger partial charge in [0.25, 0.3) is 0 Å². The largest absolute Gasteiger partial charge is 0.512 e. The Kier molecular flexibility index (Phi) is 30.3. The van der Waals surface area contributed by atoms with Gasteiger partial charge >= 0.3 is 0 Å². The number of carbonyl (C=O) groups excluding carboxylic acids is 3. The van der Waals surface area contributed by atoms with Crippen molar-refractivity contribution in [3.63, 3.8) is 0 Å². The van der Waals surface area contributed by atoms with E-state index in [0.717, 1.165) is 0 Å². The van der Waals surface area contributed by atoms with E-state index >= 15 is 0 Å². The van der Waals surface area contributed by atoms with Crippen molar-refractivity contribution in [3.8, 4) is 0 Å². The molecule has 0 aliphatic carbocycles. The first-order chi connectivity index (χ1) is 9.38. The van der Waals surface area contributed by atoms with Crippen LogP contribution in [0.25, 0.3) is 0 Å². The molecule has 7 nitrogen and oxygen atoms in total. The summed E-state index contributed by atoms with van der Waals surface area (Å²) in [4.78, 5) is 30.1. The van der Waals surface area contributed by atoms with Crippen LogP contribution < -0.4 is 0 Å². The minimum absolute atomic E-state index is 0. The zero-order chi connectivity index (χ0) is 17.6. The molecule has 0 aromatic rings. The van der Waals surface area contributed by atoms with Gasteiger partial charge in [0.15, 0.2) is 17.3 Å². The predicted molar refractivity (Wildman–Crippen MR) is 84.8 cm³/mol. The number of carbonyl (C=O) groups is 3. The van der Waals surface area contributed by atoms with Crippen LogP contribution in [0.4, 0.5) is 0 Å². The van der Waals surface area contributed by atoms with E-state index in [9.17, 15) is 14.4 Å². The second kappa shape index (κ2) is 20.8. The minimum Gasteiger partial charge on any atom is -0.512 e. The summed E-state index contributed by atoms with van der Waals surface area (Å²) in [5, 5.41) is 25.1. The van der Waals surface area contributed by atoms with Gasteiger partial charge in [-0.05, 0) is 41.5 Å². The van der Waals surface area contributed by atoms with E-state index in [1.165, 1.54) is 59.8 Å². The van der Waals surface area contributed by atoms with Crippen LogP contribution in [0.3, 0.4) is 0 Å². The maximum Gasteiger partial charge on any atom is 0.155 e. The third-order valence-electron chi connectivity index (χ3n) is 1.24. The van der Waals surface area contributed by atoms with Gasteiger partial charge in [0, 0.05) is 55.5 Å². The van der Waals surface area contributed by atoms with E-state index in [1.807, 2.05) is 0 Å². The Morgan fingerprint density at radius 1 is 0.565 bits per heavy atom. The van der Waals surface area contributed by atoms with Crippen LogP contribution in [0.2, 0.25) is 0 Å². The molecule has 0 aromatic carbocycles. The summed E-state index contributed by atoms with van der Waals surface area (Å²) >= 11 is 0. The van der Waals surface area contributed by atoms with Crippen LogP contribution in [-0.2, 0) is 14.4 Å². The van der Waals surface area contributed by atoms with E-state index in [1.54, 1.807) is 0 Å². The van der Waals surface area contributed by atoms with E-state index < -0.39 is 0 Å². The number of allylic oxidation sites excluding steroid dienone is 6. The maximum absolute atomic E-state index is 10.0.